The maximum atomic E-state index is 8.09. The largest absolute Gasteiger partial charge is 0.396 e. The maximum absolute atomic E-state index is 8.09. The topological polar surface area (TPSA) is 40.5 Å². The number of aliphatic hydroxyl groups excluding tert-OH is 2. The van der Waals surface area contributed by atoms with Crippen molar-refractivity contribution >= 4 is 0 Å². The van der Waals surface area contributed by atoms with Crippen molar-refractivity contribution in [2.75, 3.05) is 13.2 Å². The first kappa shape index (κ1) is 16.1. The Morgan fingerprint density at radius 2 is 1.12 bits per heavy atom. The molecule has 0 aromatic carbocycles. The van der Waals surface area contributed by atoms with Gasteiger partial charge in [-0.1, -0.05) is 0 Å². The summed E-state index contributed by atoms with van der Waals surface area (Å²) in [7, 11) is 0. The van der Waals surface area contributed by atoms with Crippen LogP contribution in [0.1, 0.15) is 12.8 Å². The smallest absolute Gasteiger partial charge is 0.0431 e. The van der Waals surface area contributed by atoms with Crippen molar-refractivity contribution in [1.29, 1.82) is 0 Å². The fraction of sp³-hybridized carbons (Fsp3) is 1.00. The summed E-state index contributed by atoms with van der Waals surface area (Å²) in [6.45, 7) is 0.390. The normalized spacial score (nSPS) is 6.75. The van der Waals surface area contributed by atoms with E-state index in [1.807, 2.05) is 0 Å². The second-order valence-electron chi connectivity index (χ2n) is 1.15. The van der Waals surface area contributed by atoms with Crippen molar-refractivity contribution in [3.8, 4) is 0 Å². The number of aliphatic hydroxyl groups is 2. The molecule has 0 aromatic heterocycles. The molecule has 0 aliphatic carbocycles. The Balaban J connectivity index is -0.000000125. The van der Waals surface area contributed by atoms with Crippen LogP contribution >= 0.6 is 0 Å². The van der Waals surface area contributed by atoms with Gasteiger partial charge in [0, 0.05) is 52.7 Å². The van der Waals surface area contributed by atoms with Crippen LogP contribution in [0.25, 0.3) is 0 Å². The van der Waals surface area contributed by atoms with Crippen LogP contribution in [-0.4, -0.2) is 23.4 Å². The zero-order valence-corrected chi connectivity index (χ0v) is 6.75. The van der Waals surface area contributed by atoms with Crippen molar-refractivity contribution < 1.29 is 49.7 Å². The molecular formula is C4H10AgCuO2. The third kappa shape index (κ3) is 15.7. The van der Waals surface area contributed by atoms with Gasteiger partial charge in [0.2, 0.25) is 0 Å². The third-order valence-electron chi connectivity index (χ3n) is 0.566. The molecule has 0 bridgehead atoms. The van der Waals surface area contributed by atoms with Crippen molar-refractivity contribution in [3.05, 3.63) is 0 Å². The van der Waals surface area contributed by atoms with E-state index >= 15 is 0 Å². The molecule has 0 aliphatic rings. The van der Waals surface area contributed by atoms with Crippen molar-refractivity contribution in [2.45, 2.75) is 12.8 Å². The Morgan fingerprint density at radius 3 is 1.25 bits per heavy atom. The van der Waals surface area contributed by atoms with Crippen LogP contribution in [-0.2, 0) is 39.4 Å². The molecule has 0 amide bonds. The van der Waals surface area contributed by atoms with Gasteiger partial charge < -0.3 is 10.2 Å². The van der Waals surface area contributed by atoms with E-state index < -0.39 is 0 Å². The van der Waals surface area contributed by atoms with Crippen molar-refractivity contribution in [3.63, 3.8) is 0 Å². The Labute approximate surface area is 75.7 Å². The van der Waals surface area contributed by atoms with E-state index in [2.05, 4.69) is 0 Å². The van der Waals surface area contributed by atoms with Gasteiger partial charge in [-0.3, -0.25) is 0 Å². The Hall–Kier alpha value is 1.18. The molecular weight excluding hydrogens is 251 g/mol. The van der Waals surface area contributed by atoms with E-state index in [-0.39, 0.29) is 52.7 Å². The first-order valence-electron chi connectivity index (χ1n) is 2.13. The Kier molecular flexibility index (Phi) is 31.6. The van der Waals surface area contributed by atoms with Gasteiger partial charge in [-0.25, -0.2) is 0 Å². The van der Waals surface area contributed by atoms with E-state index in [0.29, 0.717) is 0 Å². The fourth-order valence-corrected chi connectivity index (χ4v) is 0.224. The molecule has 0 heterocycles. The molecule has 0 unspecified atom stereocenters. The second-order valence-corrected chi connectivity index (χ2v) is 1.15. The van der Waals surface area contributed by atoms with E-state index in [9.17, 15) is 0 Å². The molecule has 2 N–H and O–H groups in total. The van der Waals surface area contributed by atoms with E-state index in [1.54, 1.807) is 0 Å². The minimum absolute atomic E-state index is 0. The summed E-state index contributed by atoms with van der Waals surface area (Å²) in [5.41, 5.74) is 0. The summed E-state index contributed by atoms with van der Waals surface area (Å²) in [5, 5.41) is 16.2. The quantitative estimate of drug-likeness (QED) is 0.543. The molecule has 2 radical (unpaired) electrons. The summed E-state index contributed by atoms with van der Waals surface area (Å²) < 4.78 is 0. The molecule has 0 aliphatic heterocycles. The standard InChI is InChI=1S/C4H10O2.Ag.Cu/c5-3-1-2-4-6;;/h5-6H,1-4H2;;. The van der Waals surface area contributed by atoms with E-state index in [4.69, 9.17) is 10.2 Å². The van der Waals surface area contributed by atoms with Crippen LogP contribution in [0.2, 0.25) is 0 Å². The van der Waals surface area contributed by atoms with Gasteiger partial charge in [-0.15, -0.1) is 0 Å². The fourth-order valence-electron chi connectivity index (χ4n) is 0.224. The van der Waals surface area contributed by atoms with Gasteiger partial charge in [0.25, 0.3) is 0 Å². The molecule has 8 heavy (non-hydrogen) atoms. The van der Waals surface area contributed by atoms with Gasteiger partial charge in [-0.2, -0.15) is 0 Å². The first-order valence-corrected chi connectivity index (χ1v) is 2.13. The Morgan fingerprint density at radius 1 is 0.875 bits per heavy atom. The van der Waals surface area contributed by atoms with E-state index in [1.165, 1.54) is 0 Å². The van der Waals surface area contributed by atoms with E-state index in [0.717, 1.165) is 12.8 Å². The molecule has 0 rings (SSSR count). The predicted octanol–water partition coefficient (Wildman–Crippen LogP) is -0.254. The predicted molar refractivity (Wildman–Crippen MR) is 23.4 cm³/mol. The van der Waals surface area contributed by atoms with Crippen LogP contribution in [0, 0.1) is 0 Å². The van der Waals surface area contributed by atoms with Gasteiger partial charge in [0.1, 0.15) is 0 Å². The Bertz CT molecular complexity index is 26.0. The molecule has 0 fully saturated rings. The van der Waals surface area contributed by atoms with Crippen LogP contribution in [0.4, 0.5) is 0 Å². The molecule has 0 saturated heterocycles. The summed E-state index contributed by atoms with van der Waals surface area (Å²) in [5.74, 6) is 0. The molecule has 4 heteroatoms. The summed E-state index contributed by atoms with van der Waals surface area (Å²) in [6.07, 6.45) is 1.44. The van der Waals surface area contributed by atoms with Crippen LogP contribution in [0.15, 0.2) is 0 Å². The van der Waals surface area contributed by atoms with Crippen LogP contribution in [0.3, 0.4) is 0 Å². The monoisotopic (exact) mass is 260 g/mol. The first-order chi connectivity index (χ1) is 2.91. The SMILES string of the molecule is OCCCCO.[Ag].[Cu]. The minimum atomic E-state index is 0. The van der Waals surface area contributed by atoms with Crippen molar-refractivity contribution in [1.82, 2.24) is 0 Å². The molecule has 0 spiro atoms. The minimum Gasteiger partial charge on any atom is -0.396 e. The molecule has 0 aromatic rings. The van der Waals surface area contributed by atoms with Gasteiger partial charge in [0.15, 0.2) is 0 Å². The van der Waals surface area contributed by atoms with Gasteiger partial charge in [-0.05, 0) is 12.8 Å². The number of rotatable bonds is 3. The number of unbranched alkanes of at least 4 members (excludes halogenated alkanes) is 1. The molecule has 0 atom stereocenters. The van der Waals surface area contributed by atoms with Gasteiger partial charge >= 0.3 is 0 Å². The van der Waals surface area contributed by atoms with Crippen LogP contribution < -0.4 is 0 Å². The molecule has 2 nitrogen and oxygen atoms in total. The van der Waals surface area contributed by atoms with Crippen molar-refractivity contribution in [2.24, 2.45) is 0 Å². The number of hydrogen-bond donors (Lipinski definition) is 2. The maximum Gasteiger partial charge on any atom is 0.0431 e. The van der Waals surface area contributed by atoms with Gasteiger partial charge in [0.05, 0.1) is 0 Å². The molecule has 0 saturated carbocycles. The summed E-state index contributed by atoms with van der Waals surface area (Å²) >= 11 is 0. The average molecular weight is 262 g/mol. The number of hydrogen-bond acceptors (Lipinski definition) is 2. The van der Waals surface area contributed by atoms with Crippen LogP contribution in [0.5, 0.6) is 0 Å². The zero-order valence-electron chi connectivity index (χ0n) is 4.33. The average Bonchev–Trinajstić information content (AvgIpc) is 1.61. The summed E-state index contributed by atoms with van der Waals surface area (Å²) in [6, 6.07) is 0. The second kappa shape index (κ2) is 15.7. The molecule has 60 valence electrons. The third-order valence-corrected chi connectivity index (χ3v) is 0.566. The summed E-state index contributed by atoms with van der Waals surface area (Å²) in [4.78, 5) is 0. The zero-order chi connectivity index (χ0) is 4.83.